The highest BCUT2D eigenvalue weighted by molar-refractivity contribution is 5.93. The number of ether oxygens (including phenoxy) is 1. The predicted molar refractivity (Wildman–Crippen MR) is 98.8 cm³/mol. The van der Waals surface area contributed by atoms with Gasteiger partial charge in [0, 0.05) is 19.4 Å². The van der Waals surface area contributed by atoms with Gasteiger partial charge in [0.05, 0.1) is 17.4 Å². The van der Waals surface area contributed by atoms with Gasteiger partial charge in [0.1, 0.15) is 11.4 Å². The van der Waals surface area contributed by atoms with Gasteiger partial charge >= 0.3 is 0 Å². The molecule has 0 spiro atoms. The van der Waals surface area contributed by atoms with Crippen LogP contribution in [0.25, 0.3) is 11.0 Å². The van der Waals surface area contributed by atoms with Gasteiger partial charge in [-0.2, -0.15) is 0 Å². The zero-order chi connectivity index (χ0) is 17.8. The van der Waals surface area contributed by atoms with E-state index in [9.17, 15) is 4.79 Å². The summed E-state index contributed by atoms with van der Waals surface area (Å²) < 4.78 is 5.95. The van der Waals surface area contributed by atoms with Crippen molar-refractivity contribution in [2.24, 2.45) is 0 Å². The molecule has 5 nitrogen and oxygen atoms in total. The molecule has 130 valence electrons. The molecule has 1 amide bonds. The Bertz CT molecular complexity index is 856. The van der Waals surface area contributed by atoms with Gasteiger partial charge in [-0.15, -0.1) is 0 Å². The van der Waals surface area contributed by atoms with E-state index in [1.54, 1.807) is 13.2 Å². The van der Waals surface area contributed by atoms with Crippen LogP contribution < -0.4 is 10.1 Å². The van der Waals surface area contributed by atoms with Crippen LogP contribution in [-0.4, -0.2) is 29.0 Å². The lowest BCUT2D eigenvalue weighted by Gasteiger charge is -2.17. The van der Waals surface area contributed by atoms with Crippen molar-refractivity contribution in [3.05, 3.63) is 59.9 Å². The maximum atomic E-state index is 12.6. The third kappa shape index (κ3) is 3.65. The summed E-state index contributed by atoms with van der Waals surface area (Å²) in [7, 11) is 1.67. The third-order valence-electron chi connectivity index (χ3n) is 4.15. The number of pyridine rings is 1. The second-order valence-corrected chi connectivity index (χ2v) is 6.30. The first-order valence-electron chi connectivity index (χ1n) is 8.48. The number of likely N-dealkylation sites (N-methyl/N-ethyl adjacent to an activating group) is 1. The average Bonchev–Trinajstić information content (AvgIpc) is 3.04. The number of hydrogen-bond acceptors (Lipinski definition) is 3. The van der Waals surface area contributed by atoms with Crippen molar-refractivity contribution < 1.29 is 9.53 Å². The monoisotopic (exact) mass is 337 g/mol. The zero-order valence-corrected chi connectivity index (χ0v) is 14.7. The van der Waals surface area contributed by atoms with Crippen LogP contribution in [0.1, 0.15) is 30.9 Å². The molecule has 1 atom stereocenters. The molecule has 0 aliphatic carbocycles. The summed E-state index contributed by atoms with van der Waals surface area (Å²) in [4.78, 5) is 20.2. The molecule has 0 saturated carbocycles. The van der Waals surface area contributed by atoms with E-state index in [1.807, 2.05) is 56.4 Å². The largest absolute Gasteiger partial charge is 0.490 e. The lowest BCUT2D eigenvalue weighted by molar-refractivity contribution is -0.122. The lowest BCUT2D eigenvalue weighted by Crippen LogP contribution is -2.27. The highest BCUT2D eigenvalue weighted by atomic mass is 16.5. The summed E-state index contributed by atoms with van der Waals surface area (Å²) >= 11 is 0. The van der Waals surface area contributed by atoms with Crippen LogP contribution in [0.3, 0.4) is 0 Å². The van der Waals surface area contributed by atoms with E-state index in [-0.39, 0.29) is 17.9 Å². The maximum absolute atomic E-state index is 12.6. The molecule has 0 aliphatic heterocycles. The molecule has 3 rings (SSSR count). The molecule has 2 N–H and O–H groups in total. The van der Waals surface area contributed by atoms with E-state index in [0.717, 1.165) is 27.9 Å². The van der Waals surface area contributed by atoms with E-state index in [2.05, 4.69) is 15.3 Å². The molecule has 2 aromatic heterocycles. The summed E-state index contributed by atoms with van der Waals surface area (Å²) in [6.07, 6.45) is 4.24. The molecule has 2 heterocycles. The van der Waals surface area contributed by atoms with Gasteiger partial charge in [-0.1, -0.05) is 30.3 Å². The van der Waals surface area contributed by atoms with Crippen LogP contribution >= 0.6 is 0 Å². The van der Waals surface area contributed by atoms with Gasteiger partial charge in [-0.25, -0.2) is 4.98 Å². The second kappa shape index (κ2) is 7.38. The normalized spacial score (nSPS) is 12.3. The molecule has 25 heavy (non-hydrogen) atoms. The number of hydrogen-bond donors (Lipinski definition) is 2. The van der Waals surface area contributed by atoms with Crippen molar-refractivity contribution in [3.63, 3.8) is 0 Å². The summed E-state index contributed by atoms with van der Waals surface area (Å²) in [5, 5.41) is 3.66. The number of carbonyl (C=O) groups is 1. The number of aromatic nitrogens is 2. The summed E-state index contributed by atoms with van der Waals surface area (Å²) in [6, 6.07) is 11.9. The fourth-order valence-electron chi connectivity index (χ4n) is 3.05. The van der Waals surface area contributed by atoms with E-state index < -0.39 is 0 Å². The first-order valence-corrected chi connectivity index (χ1v) is 8.48. The number of rotatable bonds is 6. The number of aromatic amines is 1. The van der Waals surface area contributed by atoms with Crippen LogP contribution in [0.2, 0.25) is 0 Å². The molecule has 0 radical (unpaired) electrons. The topological polar surface area (TPSA) is 67.0 Å². The number of nitrogens with zero attached hydrogens (tertiary/aromatic N) is 1. The SMILES string of the molecule is CNC(=O)C(Cc1ccccc1)c1c[nH]c2nccc(OC(C)C)c12. The van der Waals surface area contributed by atoms with Gasteiger partial charge in [0.25, 0.3) is 0 Å². The zero-order valence-electron chi connectivity index (χ0n) is 14.7. The minimum absolute atomic E-state index is 0.0240. The van der Waals surface area contributed by atoms with Crippen LogP contribution in [0, 0.1) is 0 Å². The number of H-pyrrole nitrogens is 1. The van der Waals surface area contributed by atoms with E-state index in [4.69, 9.17) is 4.74 Å². The first-order chi connectivity index (χ1) is 12.1. The average molecular weight is 337 g/mol. The Morgan fingerprint density at radius 3 is 2.68 bits per heavy atom. The minimum atomic E-state index is -0.320. The van der Waals surface area contributed by atoms with E-state index >= 15 is 0 Å². The van der Waals surface area contributed by atoms with E-state index in [1.165, 1.54) is 0 Å². The summed E-state index contributed by atoms with van der Waals surface area (Å²) in [6.45, 7) is 3.97. The van der Waals surface area contributed by atoms with Crippen molar-refractivity contribution in [3.8, 4) is 5.75 Å². The van der Waals surface area contributed by atoms with Gasteiger partial charge in [-0.3, -0.25) is 4.79 Å². The first kappa shape index (κ1) is 17.0. The maximum Gasteiger partial charge on any atom is 0.227 e. The molecular weight excluding hydrogens is 314 g/mol. The van der Waals surface area contributed by atoms with Crippen molar-refractivity contribution >= 4 is 16.9 Å². The van der Waals surface area contributed by atoms with Crippen LogP contribution in [0.15, 0.2) is 48.8 Å². The molecule has 1 unspecified atom stereocenters. The standard InChI is InChI=1S/C20H23N3O2/c1-13(2)25-17-9-10-22-19-18(17)16(12-23-19)15(20(24)21-3)11-14-7-5-4-6-8-14/h4-10,12-13,15H,11H2,1-3H3,(H,21,24)(H,22,23). The Balaban J connectivity index is 2.08. The fraction of sp³-hybridized carbons (Fsp3) is 0.300. The molecule has 3 aromatic rings. The molecule has 0 saturated heterocycles. The Hall–Kier alpha value is -2.82. The Morgan fingerprint density at radius 2 is 2.00 bits per heavy atom. The van der Waals surface area contributed by atoms with Crippen molar-refractivity contribution in [1.29, 1.82) is 0 Å². The smallest absolute Gasteiger partial charge is 0.227 e. The van der Waals surface area contributed by atoms with Gasteiger partial charge in [0.2, 0.25) is 5.91 Å². The summed E-state index contributed by atoms with van der Waals surface area (Å²) in [5.41, 5.74) is 2.75. The van der Waals surface area contributed by atoms with Gasteiger partial charge in [0.15, 0.2) is 0 Å². The number of fused-ring (bicyclic) bond motifs is 1. The second-order valence-electron chi connectivity index (χ2n) is 6.30. The minimum Gasteiger partial charge on any atom is -0.490 e. The van der Waals surface area contributed by atoms with E-state index in [0.29, 0.717) is 6.42 Å². The fourth-order valence-corrected chi connectivity index (χ4v) is 3.05. The van der Waals surface area contributed by atoms with Crippen LogP contribution in [0.4, 0.5) is 0 Å². The quantitative estimate of drug-likeness (QED) is 0.724. The van der Waals surface area contributed by atoms with Gasteiger partial charge < -0.3 is 15.0 Å². The van der Waals surface area contributed by atoms with Crippen molar-refractivity contribution in [1.82, 2.24) is 15.3 Å². The molecular formula is C20H23N3O2. The molecule has 1 aromatic carbocycles. The Labute approximate surface area is 147 Å². The third-order valence-corrected chi connectivity index (χ3v) is 4.15. The highest BCUT2D eigenvalue weighted by Crippen LogP contribution is 2.34. The number of carbonyl (C=O) groups excluding carboxylic acids is 1. The Kier molecular flexibility index (Phi) is 5.03. The van der Waals surface area contributed by atoms with Crippen molar-refractivity contribution in [2.75, 3.05) is 7.05 Å². The lowest BCUT2D eigenvalue weighted by atomic mass is 9.91. The van der Waals surface area contributed by atoms with Crippen LogP contribution in [-0.2, 0) is 11.2 Å². The van der Waals surface area contributed by atoms with Crippen molar-refractivity contribution in [2.45, 2.75) is 32.3 Å². The molecule has 5 heteroatoms. The Morgan fingerprint density at radius 1 is 1.24 bits per heavy atom. The highest BCUT2D eigenvalue weighted by Gasteiger charge is 2.25. The molecule has 0 fully saturated rings. The number of amides is 1. The number of benzene rings is 1. The molecule has 0 bridgehead atoms. The number of nitrogens with one attached hydrogen (secondary N) is 2. The van der Waals surface area contributed by atoms with Crippen LogP contribution in [0.5, 0.6) is 5.75 Å². The predicted octanol–water partition coefficient (Wildman–Crippen LogP) is 3.42. The van der Waals surface area contributed by atoms with Gasteiger partial charge in [-0.05, 0) is 37.5 Å². The summed E-state index contributed by atoms with van der Waals surface area (Å²) in [5.74, 6) is 0.405. The molecule has 0 aliphatic rings.